The molecule has 3 rings (SSSR count). The summed E-state index contributed by atoms with van der Waals surface area (Å²) in [5, 5.41) is 9.93. The Morgan fingerprint density at radius 3 is 2.22 bits per heavy atom. The summed E-state index contributed by atoms with van der Waals surface area (Å²) >= 11 is 6.18. The Morgan fingerprint density at radius 1 is 1.00 bits per heavy atom. The number of hydrogen-bond acceptors (Lipinski definition) is 1. The van der Waals surface area contributed by atoms with Crippen molar-refractivity contribution in [1.82, 2.24) is 0 Å². The third-order valence-corrected chi connectivity index (χ3v) is 3.92. The fraction of sp³-hybridized carbons (Fsp3) is 0.188. The van der Waals surface area contributed by atoms with Crippen LogP contribution >= 0.6 is 11.6 Å². The Hall–Kier alpha value is -1.78. The molecule has 0 unspecified atom stereocenters. The second-order valence-corrected chi connectivity index (χ2v) is 5.16. The van der Waals surface area contributed by atoms with E-state index in [1.54, 1.807) is 0 Å². The molecule has 2 aromatic carbocycles. The molecule has 18 heavy (non-hydrogen) atoms. The molecule has 0 atom stereocenters. The van der Waals surface area contributed by atoms with Crippen molar-refractivity contribution >= 4 is 11.6 Å². The maximum atomic E-state index is 9.17. The van der Waals surface area contributed by atoms with Crippen LogP contribution in [0, 0.1) is 11.3 Å². The minimum atomic E-state index is -0.209. The van der Waals surface area contributed by atoms with Crippen molar-refractivity contribution in [3.8, 4) is 17.2 Å². The highest BCUT2D eigenvalue weighted by Gasteiger charge is 2.44. The first-order valence-corrected chi connectivity index (χ1v) is 6.40. The molecule has 1 saturated carbocycles. The molecule has 0 aliphatic heterocycles. The van der Waals surface area contributed by atoms with Crippen LogP contribution in [0.1, 0.15) is 18.4 Å². The molecule has 2 heteroatoms. The number of nitrogens with zero attached hydrogens (tertiary/aromatic N) is 1. The second-order valence-electron chi connectivity index (χ2n) is 4.75. The van der Waals surface area contributed by atoms with Gasteiger partial charge in [-0.3, -0.25) is 0 Å². The molecule has 0 spiro atoms. The van der Waals surface area contributed by atoms with Crippen LogP contribution in [0.3, 0.4) is 0 Å². The van der Waals surface area contributed by atoms with E-state index in [2.05, 4.69) is 18.2 Å². The summed E-state index contributed by atoms with van der Waals surface area (Å²) in [7, 11) is 0. The quantitative estimate of drug-likeness (QED) is 0.770. The van der Waals surface area contributed by atoms with Gasteiger partial charge >= 0.3 is 0 Å². The standard InChI is InChI=1S/C16H12ClN/c17-15-4-2-1-3-14(15)12-5-7-13(8-6-12)16(11-18)9-10-16/h1-8H,9-10H2. The van der Waals surface area contributed by atoms with Crippen molar-refractivity contribution < 1.29 is 0 Å². The van der Waals surface area contributed by atoms with Crippen molar-refractivity contribution in [3.05, 3.63) is 59.1 Å². The molecular formula is C16H12ClN. The Morgan fingerprint density at radius 2 is 1.67 bits per heavy atom. The lowest BCUT2D eigenvalue weighted by Gasteiger charge is -2.08. The van der Waals surface area contributed by atoms with Gasteiger partial charge in [0.1, 0.15) is 0 Å². The second kappa shape index (κ2) is 4.15. The van der Waals surface area contributed by atoms with Gasteiger partial charge in [0.2, 0.25) is 0 Å². The number of benzene rings is 2. The zero-order valence-corrected chi connectivity index (χ0v) is 10.6. The van der Waals surface area contributed by atoms with Crippen LogP contribution < -0.4 is 0 Å². The van der Waals surface area contributed by atoms with Crippen LogP contribution in [0.2, 0.25) is 5.02 Å². The van der Waals surface area contributed by atoms with Gasteiger partial charge in [-0.05, 0) is 30.0 Å². The molecule has 1 nitrogen and oxygen atoms in total. The van der Waals surface area contributed by atoms with Crippen LogP contribution in [-0.2, 0) is 5.41 Å². The lowest BCUT2D eigenvalue weighted by molar-refractivity contribution is 0.909. The molecule has 1 aliphatic carbocycles. The first-order valence-electron chi connectivity index (χ1n) is 6.02. The van der Waals surface area contributed by atoms with Crippen LogP contribution in [0.5, 0.6) is 0 Å². The van der Waals surface area contributed by atoms with Crippen LogP contribution in [-0.4, -0.2) is 0 Å². The topological polar surface area (TPSA) is 23.8 Å². The lowest BCUT2D eigenvalue weighted by atomic mass is 9.95. The van der Waals surface area contributed by atoms with Crippen molar-refractivity contribution in [1.29, 1.82) is 5.26 Å². The van der Waals surface area contributed by atoms with Crippen molar-refractivity contribution in [3.63, 3.8) is 0 Å². The highest BCUT2D eigenvalue weighted by molar-refractivity contribution is 6.33. The number of hydrogen-bond donors (Lipinski definition) is 0. The summed E-state index contributed by atoms with van der Waals surface area (Å²) in [5.74, 6) is 0. The fourth-order valence-corrected chi connectivity index (χ4v) is 2.50. The lowest BCUT2D eigenvalue weighted by Crippen LogP contribution is -2.01. The highest BCUT2D eigenvalue weighted by atomic mass is 35.5. The van der Waals surface area contributed by atoms with E-state index in [0.717, 1.165) is 34.6 Å². The van der Waals surface area contributed by atoms with E-state index < -0.39 is 0 Å². The fourth-order valence-electron chi connectivity index (χ4n) is 2.25. The van der Waals surface area contributed by atoms with E-state index in [4.69, 9.17) is 16.9 Å². The van der Waals surface area contributed by atoms with Crippen molar-refractivity contribution in [2.75, 3.05) is 0 Å². The summed E-state index contributed by atoms with van der Waals surface area (Å²) in [6.45, 7) is 0. The largest absolute Gasteiger partial charge is 0.197 e. The molecule has 0 bridgehead atoms. The zero-order chi connectivity index (χ0) is 12.6. The van der Waals surface area contributed by atoms with Gasteiger partial charge in [0.25, 0.3) is 0 Å². The zero-order valence-electron chi connectivity index (χ0n) is 9.86. The molecule has 2 aromatic rings. The van der Waals surface area contributed by atoms with E-state index in [1.165, 1.54) is 0 Å². The minimum absolute atomic E-state index is 0.209. The Bertz CT molecular complexity index is 618. The van der Waals surface area contributed by atoms with Gasteiger partial charge in [0, 0.05) is 10.6 Å². The molecular weight excluding hydrogens is 242 g/mol. The summed E-state index contributed by atoms with van der Waals surface area (Å²) in [5.41, 5.74) is 3.05. The van der Waals surface area contributed by atoms with Gasteiger partial charge in [-0.15, -0.1) is 0 Å². The first-order chi connectivity index (χ1) is 8.75. The predicted molar refractivity (Wildman–Crippen MR) is 73.4 cm³/mol. The molecule has 1 aliphatic rings. The minimum Gasteiger partial charge on any atom is -0.197 e. The van der Waals surface area contributed by atoms with Gasteiger partial charge < -0.3 is 0 Å². The van der Waals surface area contributed by atoms with Crippen molar-refractivity contribution in [2.45, 2.75) is 18.3 Å². The Balaban J connectivity index is 1.98. The molecule has 0 aromatic heterocycles. The molecule has 0 amide bonds. The van der Waals surface area contributed by atoms with Crippen LogP contribution in [0.4, 0.5) is 0 Å². The number of rotatable bonds is 2. The molecule has 88 valence electrons. The van der Waals surface area contributed by atoms with E-state index in [0.29, 0.717) is 0 Å². The summed E-state index contributed by atoms with van der Waals surface area (Å²) in [6, 6.07) is 18.4. The first kappa shape index (κ1) is 11.3. The SMILES string of the molecule is N#CC1(c2ccc(-c3ccccc3Cl)cc2)CC1. The van der Waals surface area contributed by atoms with Gasteiger partial charge in [0.15, 0.2) is 0 Å². The predicted octanol–water partition coefficient (Wildman–Crippen LogP) is 4.56. The summed E-state index contributed by atoms with van der Waals surface area (Å²) in [6.07, 6.45) is 1.96. The Kier molecular flexibility index (Phi) is 2.61. The maximum Gasteiger partial charge on any atom is 0.0823 e. The number of halogens is 1. The smallest absolute Gasteiger partial charge is 0.0823 e. The Labute approximate surface area is 112 Å². The average Bonchev–Trinajstić information content (AvgIpc) is 3.21. The van der Waals surface area contributed by atoms with E-state index in [1.807, 2.05) is 36.4 Å². The third kappa shape index (κ3) is 1.79. The van der Waals surface area contributed by atoms with Crippen molar-refractivity contribution in [2.24, 2.45) is 0 Å². The van der Waals surface area contributed by atoms with Gasteiger partial charge in [0.05, 0.1) is 11.5 Å². The summed E-state index contributed by atoms with van der Waals surface area (Å²) in [4.78, 5) is 0. The van der Waals surface area contributed by atoms with Gasteiger partial charge in [-0.1, -0.05) is 54.1 Å². The van der Waals surface area contributed by atoms with Crippen LogP contribution in [0.15, 0.2) is 48.5 Å². The third-order valence-electron chi connectivity index (χ3n) is 3.59. The molecule has 1 fully saturated rings. The maximum absolute atomic E-state index is 9.17. The average molecular weight is 254 g/mol. The summed E-state index contributed by atoms with van der Waals surface area (Å²) < 4.78 is 0. The van der Waals surface area contributed by atoms with E-state index in [-0.39, 0.29) is 5.41 Å². The van der Waals surface area contributed by atoms with E-state index >= 15 is 0 Å². The molecule has 0 heterocycles. The molecule has 0 saturated heterocycles. The monoisotopic (exact) mass is 253 g/mol. The van der Waals surface area contributed by atoms with Crippen LogP contribution in [0.25, 0.3) is 11.1 Å². The highest BCUT2D eigenvalue weighted by Crippen LogP contribution is 2.47. The van der Waals surface area contributed by atoms with E-state index in [9.17, 15) is 0 Å². The van der Waals surface area contributed by atoms with Gasteiger partial charge in [-0.25, -0.2) is 0 Å². The van der Waals surface area contributed by atoms with Gasteiger partial charge in [-0.2, -0.15) is 5.26 Å². The molecule has 0 radical (unpaired) electrons. The number of nitriles is 1. The molecule has 0 N–H and O–H groups in total. The normalized spacial score (nSPS) is 16.0.